The number of phenolic OH excluding ortho intramolecular Hbond substituents is 2. The molecule has 6 aromatic rings. The lowest BCUT2D eigenvalue weighted by atomic mass is 9.96. The number of thioether (sulfide) groups is 1. The summed E-state index contributed by atoms with van der Waals surface area (Å²) in [6.45, 7) is 0.679. The predicted molar refractivity (Wildman–Crippen MR) is 149 cm³/mol. The van der Waals surface area contributed by atoms with Gasteiger partial charge < -0.3 is 25.0 Å². The maximum atomic E-state index is 14.6. The molecule has 0 amide bonds. The van der Waals surface area contributed by atoms with Crippen LogP contribution in [0.3, 0.4) is 0 Å². The van der Waals surface area contributed by atoms with Gasteiger partial charge in [-0.15, -0.1) is 11.8 Å². The number of nitrogens with zero attached hydrogens (tertiary/aromatic N) is 4. The standard InChI is InChI=1S/C28H23N5O3S/c1-31-13-32(2)28(37-3)26(31)23-22(19-12-30-20-6-4-14(34)10-17(19)20)27(36)33-21-7-5-15(35)11-18(21)16-8-9-29-24(23)25(16)33/h4-12,30,34-35H,13H2,1-3H3. The van der Waals surface area contributed by atoms with Crippen LogP contribution in [-0.2, 0) is 0 Å². The second-order valence-corrected chi connectivity index (χ2v) is 10.3. The van der Waals surface area contributed by atoms with Gasteiger partial charge in [0.1, 0.15) is 11.5 Å². The number of hydrogen-bond donors (Lipinski definition) is 3. The predicted octanol–water partition coefficient (Wildman–Crippen LogP) is 4.82. The molecule has 0 aliphatic carbocycles. The Morgan fingerprint density at radius 3 is 2.49 bits per heavy atom. The lowest BCUT2D eigenvalue weighted by Gasteiger charge is -2.20. The normalized spacial score (nSPS) is 14.5. The van der Waals surface area contributed by atoms with Crippen molar-refractivity contribution in [1.29, 1.82) is 0 Å². The molecule has 5 heterocycles. The molecule has 1 aliphatic rings. The number of nitrogens with one attached hydrogen (secondary N) is 1. The van der Waals surface area contributed by atoms with Crippen molar-refractivity contribution in [3.05, 3.63) is 75.8 Å². The van der Waals surface area contributed by atoms with E-state index in [9.17, 15) is 15.0 Å². The highest BCUT2D eigenvalue weighted by atomic mass is 32.2. The smallest absolute Gasteiger partial charge is 0.264 e. The Bertz CT molecular complexity index is 1990. The van der Waals surface area contributed by atoms with E-state index in [0.717, 1.165) is 43.5 Å². The highest BCUT2D eigenvalue weighted by Gasteiger charge is 2.33. The molecule has 9 heteroatoms. The molecule has 8 nitrogen and oxygen atoms in total. The number of hydrogen-bond acceptors (Lipinski definition) is 7. The third kappa shape index (κ3) is 2.85. The molecule has 0 unspecified atom stereocenters. The monoisotopic (exact) mass is 509 g/mol. The van der Waals surface area contributed by atoms with Gasteiger partial charge in [0.2, 0.25) is 0 Å². The number of aromatic hydroxyl groups is 2. The fourth-order valence-electron chi connectivity index (χ4n) is 5.83. The molecular formula is C28H23N5O3S. The van der Waals surface area contributed by atoms with Crippen molar-refractivity contribution in [2.75, 3.05) is 27.0 Å². The Kier molecular flexibility index (Phi) is 4.47. The third-order valence-corrected chi connectivity index (χ3v) is 8.17. The summed E-state index contributed by atoms with van der Waals surface area (Å²) in [6, 6.07) is 12.1. The number of rotatable bonds is 3. The van der Waals surface area contributed by atoms with Gasteiger partial charge in [0, 0.05) is 59.3 Å². The zero-order valence-electron chi connectivity index (χ0n) is 20.4. The Morgan fingerprint density at radius 1 is 0.946 bits per heavy atom. The van der Waals surface area contributed by atoms with Crippen LogP contribution < -0.4 is 5.56 Å². The van der Waals surface area contributed by atoms with Crippen LogP contribution in [0.2, 0.25) is 0 Å². The largest absolute Gasteiger partial charge is 0.508 e. The van der Waals surface area contributed by atoms with E-state index in [1.54, 1.807) is 52.7 Å². The summed E-state index contributed by atoms with van der Waals surface area (Å²) in [4.78, 5) is 27.1. The van der Waals surface area contributed by atoms with Gasteiger partial charge in [0.25, 0.3) is 5.56 Å². The summed E-state index contributed by atoms with van der Waals surface area (Å²) in [7, 11) is 4.06. The quantitative estimate of drug-likeness (QED) is 0.315. The molecule has 0 spiro atoms. The first kappa shape index (κ1) is 21.9. The number of fused-ring (bicyclic) bond motifs is 4. The average molecular weight is 510 g/mol. The number of pyridine rings is 2. The molecule has 2 aromatic carbocycles. The van der Waals surface area contributed by atoms with Crippen molar-refractivity contribution in [1.82, 2.24) is 24.2 Å². The summed E-state index contributed by atoms with van der Waals surface area (Å²) >= 11 is 1.63. The highest BCUT2D eigenvalue weighted by Crippen LogP contribution is 2.44. The van der Waals surface area contributed by atoms with Crippen molar-refractivity contribution in [2.45, 2.75) is 0 Å². The van der Waals surface area contributed by atoms with Crippen LogP contribution in [0.1, 0.15) is 5.56 Å². The van der Waals surface area contributed by atoms with Crippen LogP contribution >= 0.6 is 11.8 Å². The van der Waals surface area contributed by atoms with E-state index in [1.807, 2.05) is 38.7 Å². The van der Waals surface area contributed by atoms with E-state index >= 15 is 0 Å². The van der Waals surface area contributed by atoms with Crippen LogP contribution in [0, 0.1) is 0 Å². The number of aromatic amines is 1. The maximum absolute atomic E-state index is 14.6. The van der Waals surface area contributed by atoms with Gasteiger partial charge >= 0.3 is 0 Å². The van der Waals surface area contributed by atoms with Gasteiger partial charge in [-0.2, -0.15) is 0 Å². The Balaban J connectivity index is 1.77. The Morgan fingerprint density at radius 2 is 1.70 bits per heavy atom. The summed E-state index contributed by atoms with van der Waals surface area (Å²) in [5.41, 5.74) is 5.70. The van der Waals surface area contributed by atoms with E-state index in [2.05, 4.69) is 14.8 Å². The van der Waals surface area contributed by atoms with Crippen molar-refractivity contribution in [2.24, 2.45) is 0 Å². The van der Waals surface area contributed by atoms with Crippen LogP contribution in [-0.4, -0.2) is 61.4 Å². The molecule has 0 bridgehead atoms. The van der Waals surface area contributed by atoms with Gasteiger partial charge in [-0.05, 0) is 48.7 Å². The Hall–Kier alpha value is -4.37. The van der Waals surface area contributed by atoms with Crippen molar-refractivity contribution >= 4 is 55.7 Å². The highest BCUT2D eigenvalue weighted by molar-refractivity contribution is 8.02. The summed E-state index contributed by atoms with van der Waals surface area (Å²) < 4.78 is 1.71. The molecule has 7 rings (SSSR count). The second-order valence-electron chi connectivity index (χ2n) is 9.48. The average Bonchev–Trinajstić information content (AvgIpc) is 3.52. The first-order chi connectivity index (χ1) is 17.9. The van der Waals surface area contributed by atoms with Crippen molar-refractivity contribution < 1.29 is 10.2 Å². The number of aromatic nitrogens is 3. The van der Waals surface area contributed by atoms with E-state index in [4.69, 9.17) is 4.98 Å². The van der Waals surface area contributed by atoms with Crippen LogP contribution in [0.5, 0.6) is 11.5 Å². The minimum absolute atomic E-state index is 0.128. The van der Waals surface area contributed by atoms with Gasteiger partial charge in [-0.3, -0.25) is 14.2 Å². The van der Waals surface area contributed by atoms with Gasteiger partial charge in [0.15, 0.2) is 0 Å². The SMILES string of the molecule is CSC1=C(c2c(-c3c[nH]c4ccc(O)cc34)c(=O)n3c4ccc(O)cc4c4ccnc2c43)N(C)CN1C. The molecule has 4 aromatic heterocycles. The van der Waals surface area contributed by atoms with Gasteiger partial charge in [0.05, 0.1) is 39.5 Å². The molecular weight excluding hydrogens is 486 g/mol. The zero-order chi connectivity index (χ0) is 25.6. The molecule has 0 saturated heterocycles. The fourth-order valence-corrected chi connectivity index (χ4v) is 6.65. The second kappa shape index (κ2) is 7.57. The molecule has 3 N–H and O–H groups in total. The molecule has 0 saturated carbocycles. The number of H-pyrrole nitrogens is 1. The molecule has 184 valence electrons. The van der Waals surface area contributed by atoms with E-state index in [-0.39, 0.29) is 17.1 Å². The molecule has 0 atom stereocenters. The van der Waals surface area contributed by atoms with Gasteiger partial charge in [-0.1, -0.05) is 0 Å². The maximum Gasteiger partial charge on any atom is 0.264 e. The molecule has 1 aliphatic heterocycles. The van der Waals surface area contributed by atoms with E-state index in [1.165, 1.54) is 0 Å². The van der Waals surface area contributed by atoms with Crippen LogP contribution in [0.25, 0.3) is 55.0 Å². The Labute approximate surface area is 215 Å². The molecule has 0 radical (unpaired) electrons. The summed E-state index contributed by atoms with van der Waals surface area (Å²) in [5, 5.41) is 24.0. The molecule has 37 heavy (non-hydrogen) atoms. The molecule has 0 fully saturated rings. The van der Waals surface area contributed by atoms with Crippen molar-refractivity contribution in [3.8, 4) is 22.6 Å². The zero-order valence-corrected chi connectivity index (χ0v) is 21.2. The summed E-state index contributed by atoms with van der Waals surface area (Å²) in [5.74, 6) is 0.268. The topological polar surface area (TPSA) is 97.1 Å². The first-order valence-corrected chi connectivity index (χ1v) is 13.0. The fraction of sp³-hybridized carbons (Fsp3) is 0.143. The van der Waals surface area contributed by atoms with Gasteiger partial charge in [-0.25, -0.2) is 0 Å². The van der Waals surface area contributed by atoms with E-state index < -0.39 is 0 Å². The lowest BCUT2D eigenvalue weighted by Crippen LogP contribution is -2.23. The lowest BCUT2D eigenvalue weighted by molar-refractivity contribution is 0.343. The number of benzene rings is 2. The first-order valence-electron chi connectivity index (χ1n) is 11.8. The van der Waals surface area contributed by atoms with Crippen molar-refractivity contribution in [3.63, 3.8) is 0 Å². The van der Waals surface area contributed by atoms with Crippen LogP contribution in [0.4, 0.5) is 0 Å². The third-order valence-electron chi connectivity index (χ3n) is 7.28. The minimum atomic E-state index is -0.179. The van der Waals surface area contributed by atoms with Crippen LogP contribution in [0.15, 0.2) is 64.7 Å². The summed E-state index contributed by atoms with van der Waals surface area (Å²) in [6.07, 6.45) is 5.63. The van der Waals surface area contributed by atoms with E-state index in [0.29, 0.717) is 28.8 Å². The minimum Gasteiger partial charge on any atom is -0.508 e. The number of phenols is 2.